The third kappa shape index (κ3) is 4.98. The topological polar surface area (TPSA) is 99.1 Å². The van der Waals surface area contributed by atoms with Crippen molar-refractivity contribution in [3.8, 4) is 5.75 Å². The van der Waals surface area contributed by atoms with Gasteiger partial charge in [-0.15, -0.1) is 0 Å². The van der Waals surface area contributed by atoms with Crippen molar-refractivity contribution < 1.29 is 24.5 Å². The van der Waals surface area contributed by atoms with E-state index in [4.69, 9.17) is 4.74 Å². The normalized spacial score (nSPS) is 18.1. The Morgan fingerprint density at radius 1 is 1.20 bits per heavy atom. The number of nitrogens with one attached hydrogen (secondary N) is 1. The van der Waals surface area contributed by atoms with E-state index >= 15 is 0 Å². The lowest BCUT2D eigenvalue weighted by molar-refractivity contribution is -0.140. The molecular formula is C23H28N2O5. The molecule has 1 saturated heterocycles. The minimum atomic E-state index is -1.40. The average Bonchev–Trinajstić information content (AvgIpc) is 3.24. The van der Waals surface area contributed by atoms with Crippen LogP contribution >= 0.6 is 0 Å². The fourth-order valence-corrected chi connectivity index (χ4v) is 3.71. The van der Waals surface area contributed by atoms with Crippen LogP contribution in [0, 0.1) is 6.92 Å². The highest BCUT2D eigenvalue weighted by molar-refractivity contribution is 5.97. The summed E-state index contributed by atoms with van der Waals surface area (Å²) in [6, 6.07) is 13.2. The van der Waals surface area contributed by atoms with Gasteiger partial charge in [0.1, 0.15) is 5.75 Å². The Morgan fingerprint density at radius 2 is 1.93 bits per heavy atom. The summed E-state index contributed by atoms with van der Waals surface area (Å²) in [7, 11) is 1.60. The van der Waals surface area contributed by atoms with Gasteiger partial charge in [-0.3, -0.25) is 9.59 Å². The zero-order chi connectivity index (χ0) is 21.7. The highest BCUT2D eigenvalue weighted by Gasteiger charge is 2.35. The van der Waals surface area contributed by atoms with Crippen molar-refractivity contribution in [3.63, 3.8) is 0 Å². The second-order valence-electron chi connectivity index (χ2n) is 7.59. The standard InChI is InChI=1S/C23H28N2O5/c1-15-18(9-6-10-20(15)26)22(28)24-19(13-16-7-4-3-5-8-16)21(27)23(29)25-12-11-17(14-25)30-2/h3-10,17,19,21,26-27H,11-14H2,1-2H3,(H,24,28)/t17-,19-,21-/m0/s1. The molecule has 3 N–H and O–H groups in total. The first-order chi connectivity index (χ1) is 14.4. The SMILES string of the molecule is CO[C@H]1CCN(C(=O)[C@@H](O)[C@H](Cc2ccccc2)NC(=O)c2cccc(O)c2C)C1. The number of hydrogen-bond acceptors (Lipinski definition) is 5. The maximum absolute atomic E-state index is 12.9. The van der Waals surface area contributed by atoms with Crippen molar-refractivity contribution in [3.05, 3.63) is 65.2 Å². The lowest BCUT2D eigenvalue weighted by Gasteiger charge is -2.27. The summed E-state index contributed by atoms with van der Waals surface area (Å²) in [6.07, 6.45) is -0.438. The van der Waals surface area contributed by atoms with Gasteiger partial charge in [0.05, 0.1) is 12.1 Å². The molecule has 2 amide bonds. The lowest BCUT2D eigenvalue weighted by Crippen LogP contribution is -2.52. The van der Waals surface area contributed by atoms with Crippen LogP contribution in [0.2, 0.25) is 0 Å². The van der Waals surface area contributed by atoms with Gasteiger partial charge in [0.2, 0.25) is 0 Å². The number of amides is 2. The summed E-state index contributed by atoms with van der Waals surface area (Å²) >= 11 is 0. The molecule has 30 heavy (non-hydrogen) atoms. The average molecular weight is 412 g/mol. The Kier molecular flexibility index (Phi) is 7.07. The molecule has 7 nitrogen and oxygen atoms in total. The molecule has 0 bridgehead atoms. The second kappa shape index (κ2) is 9.73. The van der Waals surface area contributed by atoms with Crippen LogP contribution in [0.15, 0.2) is 48.5 Å². The van der Waals surface area contributed by atoms with Crippen LogP contribution in [0.5, 0.6) is 5.75 Å². The molecule has 1 aliphatic rings. The monoisotopic (exact) mass is 412 g/mol. The first-order valence-corrected chi connectivity index (χ1v) is 10.0. The minimum absolute atomic E-state index is 0.0153. The van der Waals surface area contributed by atoms with Crippen molar-refractivity contribution in [1.29, 1.82) is 0 Å². The number of rotatable bonds is 7. The predicted molar refractivity (Wildman–Crippen MR) is 112 cm³/mol. The Bertz CT molecular complexity index is 886. The minimum Gasteiger partial charge on any atom is -0.508 e. The van der Waals surface area contributed by atoms with Gasteiger partial charge in [0.15, 0.2) is 6.10 Å². The number of phenolic OH excluding ortho intramolecular Hbond substituents is 1. The molecule has 0 saturated carbocycles. The third-order valence-electron chi connectivity index (χ3n) is 5.59. The molecule has 2 aromatic carbocycles. The van der Waals surface area contributed by atoms with E-state index in [0.29, 0.717) is 37.1 Å². The van der Waals surface area contributed by atoms with E-state index in [1.54, 1.807) is 31.1 Å². The molecular weight excluding hydrogens is 384 g/mol. The van der Waals surface area contributed by atoms with Crippen LogP contribution in [0.1, 0.15) is 27.9 Å². The summed E-state index contributed by atoms with van der Waals surface area (Å²) in [5, 5.41) is 23.6. The first-order valence-electron chi connectivity index (χ1n) is 10.0. The Labute approximate surface area is 176 Å². The van der Waals surface area contributed by atoms with Crippen LogP contribution in [0.3, 0.4) is 0 Å². The number of likely N-dealkylation sites (tertiary alicyclic amines) is 1. The number of phenols is 1. The maximum Gasteiger partial charge on any atom is 0.253 e. The van der Waals surface area contributed by atoms with Crippen LogP contribution in [0.4, 0.5) is 0 Å². The molecule has 7 heteroatoms. The van der Waals surface area contributed by atoms with Crippen molar-refractivity contribution in [2.24, 2.45) is 0 Å². The Hall–Kier alpha value is -2.90. The molecule has 0 radical (unpaired) electrons. The van der Waals surface area contributed by atoms with Gasteiger partial charge in [-0.1, -0.05) is 36.4 Å². The fraction of sp³-hybridized carbons (Fsp3) is 0.391. The van der Waals surface area contributed by atoms with Gasteiger partial charge >= 0.3 is 0 Å². The molecule has 3 rings (SSSR count). The van der Waals surface area contributed by atoms with E-state index in [-0.39, 0.29) is 11.9 Å². The van der Waals surface area contributed by atoms with Gasteiger partial charge in [-0.05, 0) is 37.5 Å². The van der Waals surface area contributed by atoms with Gasteiger partial charge < -0.3 is 25.2 Å². The van der Waals surface area contributed by atoms with Crippen molar-refractivity contribution in [2.75, 3.05) is 20.2 Å². The molecule has 1 heterocycles. The van der Waals surface area contributed by atoms with E-state index < -0.39 is 24.0 Å². The summed E-state index contributed by atoms with van der Waals surface area (Å²) < 4.78 is 5.31. The Balaban J connectivity index is 1.80. The van der Waals surface area contributed by atoms with Gasteiger partial charge in [0, 0.05) is 31.3 Å². The number of aliphatic hydroxyl groups excluding tert-OH is 1. The fourth-order valence-electron chi connectivity index (χ4n) is 3.71. The van der Waals surface area contributed by atoms with Crippen LogP contribution in [-0.4, -0.2) is 65.4 Å². The Morgan fingerprint density at radius 3 is 2.60 bits per heavy atom. The maximum atomic E-state index is 12.9. The summed E-state index contributed by atoms with van der Waals surface area (Å²) in [5.74, 6) is -0.864. The quantitative estimate of drug-likeness (QED) is 0.642. The number of carbonyl (C=O) groups is 2. The van der Waals surface area contributed by atoms with E-state index in [1.165, 1.54) is 6.07 Å². The number of nitrogens with zero attached hydrogens (tertiary/aromatic N) is 1. The number of hydrogen-bond donors (Lipinski definition) is 3. The van der Waals surface area contributed by atoms with E-state index in [9.17, 15) is 19.8 Å². The molecule has 160 valence electrons. The molecule has 0 spiro atoms. The summed E-state index contributed by atoms with van der Waals surface area (Å²) in [5.41, 5.74) is 1.63. The summed E-state index contributed by atoms with van der Waals surface area (Å²) in [4.78, 5) is 27.4. The number of aliphatic hydroxyl groups is 1. The second-order valence-corrected chi connectivity index (χ2v) is 7.59. The molecule has 1 aliphatic heterocycles. The van der Waals surface area contributed by atoms with Gasteiger partial charge in [-0.25, -0.2) is 0 Å². The number of carbonyl (C=O) groups excluding carboxylic acids is 2. The van der Waals surface area contributed by atoms with E-state index in [2.05, 4.69) is 5.32 Å². The number of methoxy groups -OCH3 is 1. The number of ether oxygens (including phenoxy) is 1. The van der Waals surface area contributed by atoms with Gasteiger partial charge in [-0.2, -0.15) is 0 Å². The number of aromatic hydroxyl groups is 1. The zero-order valence-corrected chi connectivity index (χ0v) is 17.2. The van der Waals surface area contributed by atoms with Crippen molar-refractivity contribution >= 4 is 11.8 Å². The summed E-state index contributed by atoms with van der Waals surface area (Å²) in [6.45, 7) is 2.57. The first kappa shape index (κ1) is 21.8. The zero-order valence-electron chi connectivity index (χ0n) is 17.2. The molecule has 2 aromatic rings. The molecule has 0 aromatic heterocycles. The van der Waals surface area contributed by atoms with E-state index in [0.717, 1.165) is 5.56 Å². The molecule has 0 unspecified atom stereocenters. The van der Waals surface area contributed by atoms with Crippen LogP contribution in [0.25, 0.3) is 0 Å². The van der Waals surface area contributed by atoms with Gasteiger partial charge in [0.25, 0.3) is 11.8 Å². The highest BCUT2D eigenvalue weighted by Crippen LogP contribution is 2.20. The molecule has 1 fully saturated rings. The molecule has 0 aliphatic carbocycles. The third-order valence-corrected chi connectivity index (χ3v) is 5.59. The van der Waals surface area contributed by atoms with Crippen LogP contribution in [-0.2, 0) is 16.0 Å². The van der Waals surface area contributed by atoms with Crippen LogP contribution < -0.4 is 5.32 Å². The predicted octanol–water partition coefficient (Wildman–Crippen LogP) is 1.65. The number of benzene rings is 2. The molecule has 3 atom stereocenters. The smallest absolute Gasteiger partial charge is 0.253 e. The van der Waals surface area contributed by atoms with Crippen molar-refractivity contribution in [1.82, 2.24) is 10.2 Å². The van der Waals surface area contributed by atoms with Crippen molar-refractivity contribution in [2.45, 2.75) is 38.0 Å². The largest absolute Gasteiger partial charge is 0.508 e. The highest BCUT2D eigenvalue weighted by atomic mass is 16.5. The lowest BCUT2D eigenvalue weighted by atomic mass is 9.99. The van der Waals surface area contributed by atoms with E-state index in [1.807, 2.05) is 30.3 Å².